The summed E-state index contributed by atoms with van der Waals surface area (Å²) in [6.07, 6.45) is -1.55. The van der Waals surface area contributed by atoms with Crippen LogP contribution in [0.25, 0.3) is 10.8 Å². The molecule has 12 nitrogen and oxygen atoms in total. The summed E-state index contributed by atoms with van der Waals surface area (Å²) in [6, 6.07) is 11.4. The Kier molecular flexibility index (Phi) is 8.68. The average molecular weight is 606 g/mol. The molecular weight excluding hydrogens is 572 g/mol. The van der Waals surface area contributed by atoms with Gasteiger partial charge in [-0.3, -0.25) is 23.7 Å². The van der Waals surface area contributed by atoms with Gasteiger partial charge in [0.1, 0.15) is 17.9 Å². The van der Waals surface area contributed by atoms with Crippen molar-refractivity contribution in [2.45, 2.75) is 64.2 Å². The fourth-order valence-corrected chi connectivity index (χ4v) is 6.68. The van der Waals surface area contributed by atoms with E-state index < -0.39 is 67.8 Å². The Morgan fingerprint density at radius 3 is 2.67 bits per heavy atom. The SMILES string of the molecule is CC(C)OC(=O)[C@@H](C)N[P@@](=O)(OC[C@H]1O[C@@H](Cn2cc(F)c(=O)[nH]c2=O)[C@@H]2C[C@H]2[C@@H]1O)Oc1cccc2ccccc12. The van der Waals surface area contributed by atoms with Crippen LogP contribution in [0.1, 0.15) is 27.2 Å². The van der Waals surface area contributed by atoms with E-state index in [9.17, 15) is 28.4 Å². The topological polar surface area (TPSA) is 158 Å². The van der Waals surface area contributed by atoms with Crippen molar-refractivity contribution in [2.75, 3.05) is 6.61 Å². The van der Waals surface area contributed by atoms with Crippen molar-refractivity contribution in [1.29, 1.82) is 0 Å². The number of rotatable bonds is 11. The van der Waals surface area contributed by atoms with Gasteiger partial charge in [0, 0.05) is 5.39 Å². The summed E-state index contributed by atoms with van der Waals surface area (Å²) >= 11 is 0. The van der Waals surface area contributed by atoms with Crippen molar-refractivity contribution in [3.8, 4) is 5.75 Å². The first kappa shape index (κ1) is 30.1. The Balaban J connectivity index is 1.35. The summed E-state index contributed by atoms with van der Waals surface area (Å²) in [5.41, 5.74) is -1.91. The number of halogens is 1. The van der Waals surface area contributed by atoms with Crippen molar-refractivity contribution in [2.24, 2.45) is 11.8 Å². The number of aromatic nitrogens is 2. The fraction of sp³-hybridized carbons (Fsp3) is 0.464. The molecule has 0 unspecified atom stereocenters. The largest absolute Gasteiger partial charge is 0.462 e. The van der Waals surface area contributed by atoms with Crippen molar-refractivity contribution in [3.05, 3.63) is 75.3 Å². The normalized spacial score (nSPS) is 25.4. The molecule has 226 valence electrons. The van der Waals surface area contributed by atoms with E-state index in [0.29, 0.717) is 11.8 Å². The summed E-state index contributed by atoms with van der Waals surface area (Å²) in [5, 5.41) is 15.0. The van der Waals surface area contributed by atoms with Gasteiger partial charge < -0.3 is 19.1 Å². The molecular formula is C28H33FN3O9P. The molecule has 3 N–H and O–H groups in total. The molecule has 1 saturated carbocycles. The van der Waals surface area contributed by atoms with E-state index in [2.05, 4.69) is 5.09 Å². The first-order chi connectivity index (χ1) is 19.9. The van der Waals surface area contributed by atoms with Crippen LogP contribution in [0.2, 0.25) is 0 Å². The van der Waals surface area contributed by atoms with Crippen LogP contribution in [0, 0.1) is 17.7 Å². The highest BCUT2D eigenvalue weighted by Crippen LogP contribution is 2.52. The number of nitrogens with zero attached hydrogens (tertiary/aromatic N) is 1. The Morgan fingerprint density at radius 2 is 1.90 bits per heavy atom. The minimum atomic E-state index is -4.29. The van der Waals surface area contributed by atoms with E-state index >= 15 is 0 Å². The summed E-state index contributed by atoms with van der Waals surface area (Å²) in [6.45, 7) is 4.37. The van der Waals surface area contributed by atoms with Gasteiger partial charge in [-0.15, -0.1) is 0 Å². The van der Waals surface area contributed by atoms with E-state index in [1.165, 1.54) is 6.92 Å². The smallest absolute Gasteiger partial charge is 0.459 e. The third kappa shape index (κ3) is 6.66. The lowest BCUT2D eigenvalue weighted by atomic mass is 10.0. The Morgan fingerprint density at radius 1 is 1.17 bits per heavy atom. The zero-order valence-corrected chi connectivity index (χ0v) is 24.2. The van der Waals surface area contributed by atoms with Crippen LogP contribution < -0.4 is 20.9 Å². The Labute approximate surface area is 240 Å². The molecule has 0 radical (unpaired) electrons. The Bertz CT molecular complexity index is 1620. The van der Waals surface area contributed by atoms with Gasteiger partial charge in [0.05, 0.1) is 37.7 Å². The molecule has 0 amide bonds. The Hall–Kier alpha value is -3.35. The van der Waals surface area contributed by atoms with Gasteiger partial charge in [0.15, 0.2) is 0 Å². The van der Waals surface area contributed by atoms with E-state index in [0.717, 1.165) is 16.2 Å². The number of hydrogen-bond acceptors (Lipinski definition) is 9. The summed E-state index contributed by atoms with van der Waals surface area (Å²) in [5.74, 6) is -1.80. The van der Waals surface area contributed by atoms with Crippen LogP contribution in [0.5, 0.6) is 5.75 Å². The molecule has 14 heteroatoms. The molecule has 3 aromatic rings. The van der Waals surface area contributed by atoms with Gasteiger partial charge in [-0.05, 0) is 50.5 Å². The van der Waals surface area contributed by atoms with Gasteiger partial charge in [-0.2, -0.15) is 9.48 Å². The second-order valence-corrected chi connectivity index (χ2v) is 12.5. The maximum atomic E-state index is 14.1. The maximum Gasteiger partial charge on any atom is 0.459 e. The van der Waals surface area contributed by atoms with Crippen LogP contribution in [0.4, 0.5) is 4.39 Å². The molecule has 1 saturated heterocycles. The van der Waals surface area contributed by atoms with E-state index in [-0.39, 0.29) is 24.1 Å². The number of benzene rings is 2. The van der Waals surface area contributed by atoms with Crippen LogP contribution in [-0.2, 0) is 29.9 Å². The van der Waals surface area contributed by atoms with Gasteiger partial charge in [0.25, 0.3) is 5.56 Å². The number of ether oxygens (including phenoxy) is 2. The van der Waals surface area contributed by atoms with E-state index in [1.54, 1.807) is 38.1 Å². The molecule has 0 bridgehead atoms. The lowest BCUT2D eigenvalue weighted by Gasteiger charge is -2.34. The van der Waals surface area contributed by atoms with E-state index in [1.807, 2.05) is 23.2 Å². The molecule has 42 heavy (non-hydrogen) atoms. The van der Waals surface area contributed by atoms with Gasteiger partial charge in [-0.25, -0.2) is 9.36 Å². The summed E-state index contributed by atoms with van der Waals surface area (Å²) in [4.78, 5) is 38.0. The molecule has 1 aromatic heterocycles. The second-order valence-electron chi connectivity index (χ2n) is 10.9. The fourth-order valence-electron chi connectivity index (χ4n) is 5.16. The first-order valence-corrected chi connectivity index (χ1v) is 15.2. The zero-order chi connectivity index (χ0) is 30.2. The molecule has 0 spiro atoms. The number of carbonyl (C=O) groups is 1. The number of esters is 1. The molecule has 5 rings (SSSR count). The third-order valence-electron chi connectivity index (χ3n) is 7.32. The minimum absolute atomic E-state index is 0.0720. The molecule has 2 aromatic carbocycles. The van der Waals surface area contributed by atoms with Gasteiger partial charge >= 0.3 is 19.4 Å². The predicted octanol–water partition coefficient (Wildman–Crippen LogP) is 2.73. The number of aliphatic hydroxyl groups excluding tert-OH is 1. The quantitative estimate of drug-likeness (QED) is 0.219. The van der Waals surface area contributed by atoms with Crippen LogP contribution >= 0.6 is 7.75 Å². The zero-order valence-electron chi connectivity index (χ0n) is 23.3. The van der Waals surface area contributed by atoms with Crippen molar-refractivity contribution in [1.82, 2.24) is 14.6 Å². The number of aromatic amines is 1. The van der Waals surface area contributed by atoms with Gasteiger partial charge in [-0.1, -0.05) is 36.4 Å². The number of hydrogen-bond donors (Lipinski definition) is 3. The molecule has 1 aliphatic carbocycles. The highest BCUT2D eigenvalue weighted by Gasteiger charge is 2.55. The number of H-pyrrole nitrogens is 1. The molecule has 7 atom stereocenters. The lowest BCUT2D eigenvalue weighted by Crippen LogP contribution is -2.46. The summed E-state index contributed by atoms with van der Waals surface area (Å²) < 4.78 is 52.0. The van der Waals surface area contributed by atoms with E-state index in [4.69, 9.17) is 18.5 Å². The highest BCUT2D eigenvalue weighted by molar-refractivity contribution is 7.52. The molecule has 1 aliphatic heterocycles. The molecule has 2 heterocycles. The van der Waals surface area contributed by atoms with Crippen molar-refractivity contribution in [3.63, 3.8) is 0 Å². The van der Waals surface area contributed by atoms with Crippen LogP contribution in [-0.4, -0.2) is 57.7 Å². The highest BCUT2D eigenvalue weighted by atomic mass is 31.2. The predicted molar refractivity (Wildman–Crippen MR) is 150 cm³/mol. The maximum absolute atomic E-state index is 14.1. The number of aliphatic hydroxyl groups is 1. The average Bonchev–Trinajstić information content (AvgIpc) is 3.74. The number of fused-ring (bicyclic) bond motifs is 2. The van der Waals surface area contributed by atoms with Gasteiger partial charge in [0.2, 0.25) is 5.82 Å². The molecule has 2 fully saturated rings. The van der Waals surface area contributed by atoms with Crippen molar-refractivity contribution >= 4 is 24.5 Å². The van der Waals surface area contributed by atoms with Crippen molar-refractivity contribution < 1.29 is 37.4 Å². The summed E-state index contributed by atoms with van der Waals surface area (Å²) in [7, 11) is -4.29. The standard InChI is InChI=1S/C28H33FN3O9P/c1-15(2)39-27(35)16(3)31-42(37,41-22-10-6-8-17-7-4-5-9-18(17)22)38-14-24-25(33)20-11-19(20)23(40-24)13-32-12-21(29)26(34)30-28(32)36/h4-10,12,15-16,19-20,23-25,33H,11,13-14H2,1-3H3,(H,31,37)(H,30,34,36)/t16-,19-,20-,23+,24-,25+,42-/m1/s1. The minimum Gasteiger partial charge on any atom is -0.462 e. The monoisotopic (exact) mass is 605 g/mol. The number of nitrogens with one attached hydrogen (secondary N) is 2. The first-order valence-electron chi connectivity index (χ1n) is 13.7. The second kappa shape index (κ2) is 12.1. The number of carbonyl (C=O) groups excluding carboxylic acids is 1. The third-order valence-corrected chi connectivity index (χ3v) is 8.95. The van der Waals surface area contributed by atoms with Crippen LogP contribution in [0.3, 0.4) is 0 Å². The lowest BCUT2D eigenvalue weighted by molar-refractivity contribution is -0.149. The van der Waals surface area contributed by atoms with Crippen LogP contribution in [0.15, 0.2) is 58.3 Å². The molecule has 2 aliphatic rings.